The van der Waals surface area contributed by atoms with Gasteiger partial charge in [-0.15, -0.1) is 0 Å². The number of aryl methyl sites for hydroxylation is 1. The van der Waals surface area contributed by atoms with Crippen molar-refractivity contribution in [3.05, 3.63) is 66.0 Å². The second kappa shape index (κ2) is 12.3. The van der Waals surface area contributed by atoms with E-state index in [9.17, 15) is 9.50 Å². The molecule has 0 fully saturated rings. The van der Waals surface area contributed by atoms with Crippen LogP contribution in [0.5, 0.6) is 11.6 Å². The van der Waals surface area contributed by atoms with Crippen LogP contribution in [0, 0.1) is 5.82 Å². The number of aromatic nitrogens is 2. The standard InChI is InChI=1S/C27H36FN3O4/c1-27(2,3)34-19-22(32)17-31(15-16-33-5)18-24-25(20-9-7-6-8-10-20)29-30(4)26(24)35-23-13-11-21(28)12-14-23/h6-14,22,32H,15-19H2,1-5H3. The van der Waals surface area contributed by atoms with Crippen LogP contribution in [0.4, 0.5) is 4.39 Å². The van der Waals surface area contributed by atoms with Gasteiger partial charge < -0.3 is 19.3 Å². The van der Waals surface area contributed by atoms with E-state index < -0.39 is 6.10 Å². The van der Waals surface area contributed by atoms with Gasteiger partial charge in [-0.1, -0.05) is 30.3 Å². The molecule has 1 heterocycles. The number of methoxy groups -OCH3 is 1. The van der Waals surface area contributed by atoms with Crippen LogP contribution < -0.4 is 4.74 Å². The maximum Gasteiger partial charge on any atom is 0.222 e. The van der Waals surface area contributed by atoms with E-state index in [-0.39, 0.29) is 18.0 Å². The first kappa shape index (κ1) is 26.8. The van der Waals surface area contributed by atoms with E-state index in [1.165, 1.54) is 12.1 Å². The lowest BCUT2D eigenvalue weighted by atomic mass is 10.1. The number of benzene rings is 2. The molecule has 0 saturated heterocycles. The third-order valence-corrected chi connectivity index (χ3v) is 5.33. The summed E-state index contributed by atoms with van der Waals surface area (Å²) in [6.07, 6.45) is -0.676. The maximum absolute atomic E-state index is 13.4. The average Bonchev–Trinajstić information content (AvgIpc) is 3.12. The van der Waals surface area contributed by atoms with Gasteiger partial charge in [-0.05, 0) is 45.0 Å². The number of hydrogen-bond acceptors (Lipinski definition) is 6. The Bertz CT molecular complexity index is 1050. The third-order valence-electron chi connectivity index (χ3n) is 5.33. The Balaban J connectivity index is 1.92. The first-order chi connectivity index (χ1) is 16.7. The van der Waals surface area contributed by atoms with Gasteiger partial charge in [-0.2, -0.15) is 5.10 Å². The van der Waals surface area contributed by atoms with E-state index in [2.05, 4.69) is 4.90 Å². The van der Waals surface area contributed by atoms with Crippen molar-refractivity contribution < 1.29 is 23.7 Å². The topological polar surface area (TPSA) is 69.0 Å². The van der Waals surface area contributed by atoms with Crippen molar-refractivity contribution in [2.75, 3.05) is 33.4 Å². The summed E-state index contributed by atoms with van der Waals surface area (Å²) in [6, 6.07) is 15.8. The molecule has 1 aromatic heterocycles. The SMILES string of the molecule is COCCN(Cc1c(-c2ccccc2)nn(C)c1Oc1ccc(F)cc1)CC(O)COC(C)(C)C. The second-order valence-electron chi connectivity index (χ2n) is 9.48. The van der Waals surface area contributed by atoms with Gasteiger partial charge in [-0.3, -0.25) is 4.90 Å². The molecule has 0 bridgehead atoms. The summed E-state index contributed by atoms with van der Waals surface area (Å²) in [4.78, 5) is 2.10. The molecule has 0 spiro atoms. The van der Waals surface area contributed by atoms with Crippen LogP contribution in [0.2, 0.25) is 0 Å². The molecule has 0 radical (unpaired) electrons. The molecule has 7 nitrogen and oxygen atoms in total. The Hall–Kier alpha value is -2.78. The molecule has 1 atom stereocenters. The van der Waals surface area contributed by atoms with Gasteiger partial charge in [0.1, 0.15) is 17.3 Å². The molecule has 0 aliphatic rings. The van der Waals surface area contributed by atoms with Crippen molar-refractivity contribution in [1.29, 1.82) is 0 Å². The van der Waals surface area contributed by atoms with Crippen LogP contribution in [0.1, 0.15) is 26.3 Å². The van der Waals surface area contributed by atoms with Crippen molar-refractivity contribution in [3.8, 4) is 22.9 Å². The minimum Gasteiger partial charge on any atom is -0.439 e. The first-order valence-electron chi connectivity index (χ1n) is 11.7. The van der Waals surface area contributed by atoms with Crippen LogP contribution in [0.25, 0.3) is 11.3 Å². The number of hydrogen-bond donors (Lipinski definition) is 1. The summed E-state index contributed by atoms with van der Waals surface area (Å²) in [5.74, 6) is 0.736. The summed E-state index contributed by atoms with van der Waals surface area (Å²) >= 11 is 0. The van der Waals surface area contributed by atoms with Gasteiger partial charge in [0.15, 0.2) is 0 Å². The second-order valence-corrected chi connectivity index (χ2v) is 9.48. The predicted molar refractivity (Wildman–Crippen MR) is 134 cm³/mol. The summed E-state index contributed by atoms with van der Waals surface area (Å²) in [5, 5.41) is 15.4. The van der Waals surface area contributed by atoms with E-state index in [0.717, 1.165) is 16.8 Å². The molecule has 1 unspecified atom stereocenters. The highest BCUT2D eigenvalue weighted by atomic mass is 19.1. The monoisotopic (exact) mass is 485 g/mol. The van der Waals surface area contributed by atoms with Gasteiger partial charge in [-0.25, -0.2) is 9.07 Å². The van der Waals surface area contributed by atoms with E-state index in [1.54, 1.807) is 23.9 Å². The zero-order valence-electron chi connectivity index (χ0n) is 21.2. The van der Waals surface area contributed by atoms with Crippen molar-refractivity contribution in [2.45, 2.75) is 39.0 Å². The van der Waals surface area contributed by atoms with E-state index in [1.807, 2.05) is 58.2 Å². The highest BCUT2D eigenvalue weighted by molar-refractivity contribution is 5.65. The molecular weight excluding hydrogens is 449 g/mol. The number of ether oxygens (including phenoxy) is 3. The molecule has 0 aliphatic carbocycles. The smallest absolute Gasteiger partial charge is 0.222 e. The molecule has 3 aromatic rings. The normalized spacial score (nSPS) is 12.8. The first-order valence-corrected chi connectivity index (χ1v) is 11.7. The molecule has 35 heavy (non-hydrogen) atoms. The fourth-order valence-corrected chi connectivity index (χ4v) is 3.64. The number of aliphatic hydroxyl groups is 1. The Morgan fingerprint density at radius 3 is 2.40 bits per heavy atom. The summed E-state index contributed by atoms with van der Waals surface area (Å²) in [7, 11) is 3.47. The molecule has 190 valence electrons. The summed E-state index contributed by atoms with van der Waals surface area (Å²) in [6.45, 7) is 8.06. The van der Waals surface area contributed by atoms with Crippen LogP contribution in [-0.2, 0) is 23.1 Å². The zero-order chi connectivity index (χ0) is 25.4. The van der Waals surface area contributed by atoms with E-state index in [4.69, 9.17) is 19.3 Å². The van der Waals surface area contributed by atoms with E-state index in [0.29, 0.717) is 37.9 Å². The van der Waals surface area contributed by atoms with Crippen molar-refractivity contribution in [3.63, 3.8) is 0 Å². The molecule has 8 heteroatoms. The number of halogens is 1. The lowest BCUT2D eigenvalue weighted by Gasteiger charge is -2.27. The van der Waals surface area contributed by atoms with Gasteiger partial charge in [0.2, 0.25) is 5.88 Å². The van der Waals surface area contributed by atoms with Crippen molar-refractivity contribution >= 4 is 0 Å². The van der Waals surface area contributed by atoms with Crippen molar-refractivity contribution in [1.82, 2.24) is 14.7 Å². The van der Waals surface area contributed by atoms with Gasteiger partial charge in [0.05, 0.1) is 30.5 Å². The fraction of sp³-hybridized carbons (Fsp3) is 0.444. The summed E-state index contributed by atoms with van der Waals surface area (Å²) < 4.78 is 32.4. The molecule has 0 saturated carbocycles. The minimum atomic E-state index is -0.676. The Morgan fingerprint density at radius 2 is 1.77 bits per heavy atom. The molecule has 0 aliphatic heterocycles. The Labute approximate surface area is 207 Å². The van der Waals surface area contributed by atoms with Gasteiger partial charge >= 0.3 is 0 Å². The largest absolute Gasteiger partial charge is 0.439 e. The van der Waals surface area contributed by atoms with E-state index >= 15 is 0 Å². The lowest BCUT2D eigenvalue weighted by Crippen LogP contribution is -2.38. The number of rotatable bonds is 12. The Morgan fingerprint density at radius 1 is 1.09 bits per heavy atom. The van der Waals surface area contributed by atoms with Crippen LogP contribution >= 0.6 is 0 Å². The number of aliphatic hydroxyl groups excluding tert-OH is 1. The van der Waals surface area contributed by atoms with Crippen molar-refractivity contribution in [2.24, 2.45) is 7.05 Å². The predicted octanol–water partition coefficient (Wildman–Crippen LogP) is 4.64. The summed E-state index contributed by atoms with van der Waals surface area (Å²) in [5.41, 5.74) is 2.27. The average molecular weight is 486 g/mol. The van der Waals surface area contributed by atoms with Gasteiger partial charge in [0.25, 0.3) is 0 Å². The molecular formula is C27H36FN3O4. The third kappa shape index (κ3) is 8.14. The molecule has 3 rings (SSSR count). The van der Waals surface area contributed by atoms with Gasteiger partial charge in [0, 0.05) is 39.4 Å². The molecule has 0 amide bonds. The van der Waals surface area contributed by atoms with Crippen LogP contribution in [-0.4, -0.2) is 64.9 Å². The lowest BCUT2D eigenvalue weighted by molar-refractivity contribution is -0.0576. The highest BCUT2D eigenvalue weighted by Gasteiger charge is 2.24. The zero-order valence-corrected chi connectivity index (χ0v) is 21.2. The maximum atomic E-state index is 13.4. The number of nitrogens with zero attached hydrogens (tertiary/aromatic N) is 3. The Kier molecular flexibility index (Phi) is 9.40. The highest BCUT2D eigenvalue weighted by Crippen LogP contribution is 2.34. The van der Waals surface area contributed by atoms with Crippen LogP contribution in [0.15, 0.2) is 54.6 Å². The molecule has 2 aromatic carbocycles. The minimum absolute atomic E-state index is 0.227. The fourth-order valence-electron chi connectivity index (χ4n) is 3.64. The van der Waals surface area contributed by atoms with Crippen LogP contribution in [0.3, 0.4) is 0 Å². The quantitative estimate of drug-likeness (QED) is 0.403. The molecule has 1 N–H and O–H groups in total.